The third-order valence-electron chi connectivity index (χ3n) is 5.33. The molecular formula is C23H15BrN2O3. The second kappa shape index (κ2) is 6.47. The lowest BCUT2D eigenvalue weighted by atomic mass is 10.0. The van der Waals surface area contributed by atoms with Crippen LogP contribution in [0, 0.1) is 0 Å². The van der Waals surface area contributed by atoms with Crippen LogP contribution in [0.1, 0.15) is 42.7 Å². The number of hydrogen-bond donors (Lipinski definition) is 0. The minimum atomic E-state index is -1.22. The predicted octanol–water partition coefficient (Wildman–Crippen LogP) is 4.23. The molecule has 0 aliphatic carbocycles. The van der Waals surface area contributed by atoms with Crippen molar-refractivity contribution in [3.63, 3.8) is 0 Å². The Morgan fingerprint density at radius 3 is 1.79 bits per heavy atom. The zero-order chi connectivity index (χ0) is 20.2. The third kappa shape index (κ3) is 2.53. The van der Waals surface area contributed by atoms with Crippen molar-refractivity contribution in [2.24, 2.45) is 0 Å². The maximum Gasteiger partial charge on any atom is 0.276 e. The van der Waals surface area contributed by atoms with Crippen LogP contribution in [0.25, 0.3) is 0 Å². The van der Waals surface area contributed by atoms with E-state index in [-0.39, 0.29) is 5.78 Å². The molecule has 5 rings (SSSR count). The molecule has 142 valence electrons. The zero-order valence-corrected chi connectivity index (χ0v) is 16.7. The van der Waals surface area contributed by atoms with E-state index in [2.05, 4.69) is 15.9 Å². The number of hydrazine groups is 1. The van der Waals surface area contributed by atoms with Crippen molar-refractivity contribution in [3.8, 4) is 0 Å². The van der Waals surface area contributed by atoms with Gasteiger partial charge in [0.25, 0.3) is 11.8 Å². The van der Waals surface area contributed by atoms with E-state index < -0.39 is 22.3 Å². The van der Waals surface area contributed by atoms with E-state index in [1.54, 1.807) is 53.5 Å². The number of ketones is 1. The topological polar surface area (TPSA) is 57.5 Å². The van der Waals surface area contributed by atoms with Gasteiger partial charge in [0.1, 0.15) is 0 Å². The van der Waals surface area contributed by atoms with Gasteiger partial charge in [-0.05, 0) is 17.7 Å². The highest BCUT2D eigenvalue weighted by molar-refractivity contribution is 9.10. The van der Waals surface area contributed by atoms with Gasteiger partial charge in [0, 0.05) is 5.56 Å². The van der Waals surface area contributed by atoms with Crippen LogP contribution in [-0.4, -0.2) is 32.1 Å². The third-order valence-corrected chi connectivity index (χ3v) is 6.49. The normalized spacial score (nSPS) is 25.1. The summed E-state index contributed by atoms with van der Waals surface area (Å²) in [6, 6.07) is 24.5. The van der Waals surface area contributed by atoms with Crippen LogP contribution in [0.5, 0.6) is 0 Å². The van der Waals surface area contributed by atoms with Crippen molar-refractivity contribution in [2.45, 2.75) is 10.5 Å². The number of nitrogens with zero attached hydrogens (tertiary/aromatic N) is 2. The molecule has 3 aromatic carbocycles. The van der Waals surface area contributed by atoms with Gasteiger partial charge >= 0.3 is 0 Å². The van der Waals surface area contributed by atoms with E-state index in [4.69, 9.17) is 0 Å². The van der Waals surface area contributed by atoms with Crippen LogP contribution in [0.3, 0.4) is 0 Å². The zero-order valence-electron chi connectivity index (χ0n) is 15.2. The fraction of sp³-hybridized carbons (Fsp3) is 0.0870. The Morgan fingerprint density at radius 1 is 0.759 bits per heavy atom. The number of amides is 2. The minimum Gasteiger partial charge on any atom is -0.291 e. The van der Waals surface area contributed by atoms with Crippen molar-refractivity contribution in [3.05, 3.63) is 107 Å². The van der Waals surface area contributed by atoms with Gasteiger partial charge in [-0.25, -0.2) is 0 Å². The molecule has 1 fully saturated rings. The maximum atomic E-state index is 13.4. The highest BCUT2D eigenvalue weighted by atomic mass is 79.9. The van der Waals surface area contributed by atoms with Crippen molar-refractivity contribution < 1.29 is 14.4 Å². The first-order valence-corrected chi connectivity index (χ1v) is 9.95. The Hall–Kier alpha value is -3.09. The molecule has 0 radical (unpaired) electrons. The van der Waals surface area contributed by atoms with Gasteiger partial charge in [-0.1, -0.05) is 88.7 Å². The molecule has 29 heavy (non-hydrogen) atoms. The summed E-state index contributed by atoms with van der Waals surface area (Å²) in [7, 11) is 0. The summed E-state index contributed by atoms with van der Waals surface area (Å²) in [4.78, 5) is 39.5. The first-order valence-electron chi connectivity index (χ1n) is 9.16. The smallest absolute Gasteiger partial charge is 0.276 e. The number of fused-ring (bicyclic) bond motifs is 1. The van der Waals surface area contributed by atoms with E-state index >= 15 is 0 Å². The molecule has 0 saturated carbocycles. The molecule has 5 nitrogen and oxygen atoms in total. The lowest BCUT2D eigenvalue weighted by molar-refractivity contribution is 0.0333. The molecule has 3 aromatic rings. The van der Waals surface area contributed by atoms with Crippen LogP contribution in [-0.2, 0) is 0 Å². The van der Waals surface area contributed by atoms with Crippen LogP contribution in [0.2, 0.25) is 0 Å². The van der Waals surface area contributed by atoms with Crippen molar-refractivity contribution in [1.82, 2.24) is 10.0 Å². The summed E-state index contributed by atoms with van der Waals surface area (Å²) in [6.07, 6.45) is 0. The van der Waals surface area contributed by atoms with E-state index in [1.807, 2.05) is 36.4 Å². The quantitative estimate of drug-likeness (QED) is 0.198. The van der Waals surface area contributed by atoms with E-state index in [0.717, 1.165) is 10.6 Å². The van der Waals surface area contributed by atoms with Gasteiger partial charge < -0.3 is 0 Å². The lowest BCUT2D eigenvalue weighted by Crippen LogP contribution is -2.40. The molecule has 0 spiro atoms. The molecular weight excluding hydrogens is 432 g/mol. The van der Waals surface area contributed by atoms with E-state index in [0.29, 0.717) is 16.7 Å². The molecule has 2 heterocycles. The Kier molecular flexibility index (Phi) is 4.01. The summed E-state index contributed by atoms with van der Waals surface area (Å²) in [6.45, 7) is 0. The Bertz CT molecular complexity index is 1110. The molecule has 2 aliphatic rings. The molecule has 1 unspecified atom stereocenters. The predicted molar refractivity (Wildman–Crippen MR) is 110 cm³/mol. The maximum absolute atomic E-state index is 13.4. The largest absolute Gasteiger partial charge is 0.291 e. The van der Waals surface area contributed by atoms with Gasteiger partial charge in [-0.15, -0.1) is 0 Å². The number of rotatable bonds is 4. The molecule has 2 amide bonds. The average molecular weight is 447 g/mol. The summed E-state index contributed by atoms with van der Waals surface area (Å²) in [5, 5.41) is 2.64. The van der Waals surface area contributed by atoms with E-state index in [1.165, 1.54) is 0 Å². The monoisotopic (exact) mass is 446 g/mol. The first-order chi connectivity index (χ1) is 14.0. The van der Waals surface area contributed by atoms with Gasteiger partial charge in [-0.3, -0.25) is 14.4 Å². The van der Waals surface area contributed by atoms with Crippen molar-refractivity contribution >= 4 is 33.5 Å². The molecule has 0 N–H and O–H groups in total. The molecule has 0 bridgehead atoms. The molecule has 6 heteroatoms. The standard InChI is InChI=1S/C23H15BrN2O3/c24-23(20(27)16-11-5-2-6-12-16)19(15-9-3-1-4-10-15)26(23)25-21(28)17-13-7-8-14-18(17)22(25)29/h1-14,19H/t19-,23+,26?/m0/s1. The minimum absolute atomic E-state index is 0.205. The molecule has 1 saturated heterocycles. The lowest BCUT2D eigenvalue weighted by Gasteiger charge is -2.18. The number of halogens is 1. The fourth-order valence-corrected chi connectivity index (χ4v) is 4.85. The number of carbonyl (C=O) groups excluding carboxylic acids is 3. The van der Waals surface area contributed by atoms with Crippen LogP contribution >= 0.6 is 15.9 Å². The summed E-state index contributed by atoms with van der Waals surface area (Å²) >= 11 is 3.60. The van der Waals surface area contributed by atoms with Crippen molar-refractivity contribution in [2.75, 3.05) is 0 Å². The number of benzene rings is 3. The molecule has 3 atom stereocenters. The van der Waals surface area contributed by atoms with Gasteiger partial charge in [0.15, 0.2) is 10.2 Å². The second-order valence-electron chi connectivity index (χ2n) is 6.99. The average Bonchev–Trinajstić information content (AvgIpc) is 3.31. The first kappa shape index (κ1) is 18.0. The molecule has 0 aromatic heterocycles. The summed E-state index contributed by atoms with van der Waals surface area (Å²) < 4.78 is -1.22. The number of alkyl halides is 1. The Morgan fingerprint density at radius 2 is 1.24 bits per heavy atom. The summed E-state index contributed by atoms with van der Waals surface area (Å²) in [5.74, 6) is -1.05. The SMILES string of the molecule is O=C1c2ccccc2C(=O)N1N1[C@@H](c2ccccc2)[C@]1(Br)C(=O)c1ccccc1. The number of hydrogen-bond acceptors (Lipinski definition) is 4. The fourth-order valence-electron chi connectivity index (χ4n) is 3.91. The Balaban J connectivity index is 1.60. The van der Waals surface area contributed by atoms with Crippen molar-refractivity contribution in [1.29, 1.82) is 0 Å². The van der Waals surface area contributed by atoms with Gasteiger partial charge in [0.05, 0.1) is 17.2 Å². The van der Waals surface area contributed by atoms with E-state index in [9.17, 15) is 14.4 Å². The van der Waals surface area contributed by atoms with Crippen LogP contribution in [0.15, 0.2) is 84.9 Å². The summed E-state index contributed by atoms with van der Waals surface area (Å²) in [5.41, 5.74) is 2.03. The van der Waals surface area contributed by atoms with Gasteiger partial charge in [0.2, 0.25) is 0 Å². The Labute approximate surface area is 175 Å². The highest BCUT2D eigenvalue weighted by Gasteiger charge is 2.72. The van der Waals surface area contributed by atoms with Crippen LogP contribution < -0.4 is 0 Å². The second-order valence-corrected chi connectivity index (χ2v) is 8.20. The number of Topliss-reactive ketones (excluding diaryl/α,β-unsaturated/α-hetero) is 1. The molecule has 2 aliphatic heterocycles. The van der Waals surface area contributed by atoms with Gasteiger partial charge in [-0.2, -0.15) is 10.0 Å². The highest BCUT2D eigenvalue weighted by Crippen LogP contribution is 2.61. The number of carbonyl (C=O) groups is 3. The van der Waals surface area contributed by atoms with Crippen LogP contribution in [0.4, 0.5) is 0 Å². The number of imide groups is 1.